The smallest absolute Gasteiger partial charge is 0.122 e. The van der Waals surface area contributed by atoms with Gasteiger partial charge in [0.2, 0.25) is 0 Å². The van der Waals surface area contributed by atoms with Gasteiger partial charge in [0.1, 0.15) is 5.84 Å². The molecule has 0 unspecified atom stereocenters. The minimum Gasteiger partial charge on any atom is -0.384 e. The van der Waals surface area contributed by atoms with Gasteiger partial charge in [0.25, 0.3) is 0 Å². The lowest BCUT2D eigenvalue weighted by atomic mass is 9.91. The minimum atomic E-state index is 0.0958. The van der Waals surface area contributed by atoms with Crippen LogP contribution in [0.1, 0.15) is 11.1 Å². The van der Waals surface area contributed by atoms with E-state index in [1.54, 1.807) is 0 Å². The Bertz CT molecular complexity index is 820. The molecule has 0 saturated heterocycles. The highest BCUT2D eigenvalue weighted by Crippen LogP contribution is 2.34. The molecule has 0 aliphatic rings. The monoisotopic (exact) mass is 286 g/mol. The van der Waals surface area contributed by atoms with Crippen molar-refractivity contribution in [2.75, 3.05) is 0 Å². The molecule has 2 heteroatoms. The summed E-state index contributed by atoms with van der Waals surface area (Å²) in [5, 5.41) is 7.66. The standard InChI is InChI=1S/C20H18N2/c1-14-11-12-16(20(21)22)13-19(14)18-10-6-5-9-17(18)15-7-3-2-4-8-15/h2-13H,1H3,(H3,21,22). The lowest BCUT2D eigenvalue weighted by Crippen LogP contribution is -2.11. The summed E-state index contributed by atoms with van der Waals surface area (Å²) in [6, 6.07) is 24.6. The van der Waals surface area contributed by atoms with Gasteiger partial charge in [-0.3, -0.25) is 5.41 Å². The van der Waals surface area contributed by atoms with E-state index in [0.717, 1.165) is 16.7 Å². The Kier molecular flexibility index (Phi) is 3.75. The summed E-state index contributed by atoms with van der Waals surface area (Å²) in [7, 11) is 0. The Morgan fingerprint density at radius 2 is 1.41 bits per heavy atom. The number of nitrogens with two attached hydrogens (primary N) is 1. The second-order valence-electron chi connectivity index (χ2n) is 5.35. The molecule has 3 rings (SSSR count). The Hall–Kier alpha value is -2.87. The molecule has 0 bridgehead atoms. The molecule has 108 valence electrons. The van der Waals surface area contributed by atoms with Crippen molar-refractivity contribution in [2.45, 2.75) is 6.92 Å². The van der Waals surface area contributed by atoms with Crippen molar-refractivity contribution in [1.29, 1.82) is 5.41 Å². The van der Waals surface area contributed by atoms with Crippen LogP contribution in [0.4, 0.5) is 0 Å². The fraction of sp³-hybridized carbons (Fsp3) is 0.0500. The van der Waals surface area contributed by atoms with Gasteiger partial charge in [-0.05, 0) is 40.8 Å². The lowest BCUT2D eigenvalue weighted by molar-refractivity contribution is 1.39. The Morgan fingerprint density at radius 1 is 0.773 bits per heavy atom. The third kappa shape index (κ3) is 2.63. The number of hydrogen-bond acceptors (Lipinski definition) is 1. The molecule has 3 aromatic carbocycles. The molecule has 0 aliphatic heterocycles. The number of rotatable bonds is 3. The number of hydrogen-bond donors (Lipinski definition) is 2. The van der Waals surface area contributed by atoms with Crippen molar-refractivity contribution in [2.24, 2.45) is 5.73 Å². The zero-order chi connectivity index (χ0) is 15.5. The normalized spacial score (nSPS) is 10.4. The van der Waals surface area contributed by atoms with Crippen molar-refractivity contribution in [3.8, 4) is 22.3 Å². The lowest BCUT2D eigenvalue weighted by Gasteiger charge is -2.13. The van der Waals surface area contributed by atoms with E-state index in [9.17, 15) is 0 Å². The third-order valence-electron chi connectivity index (χ3n) is 3.85. The Labute approximate surface area is 130 Å². The second kappa shape index (κ2) is 5.86. The molecule has 2 nitrogen and oxygen atoms in total. The van der Waals surface area contributed by atoms with E-state index in [2.05, 4.69) is 37.3 Å². The fourth-order valence-electron chi connectivity index (χ4n) is 2.67. The average Bonchev–Trinajstić information content (AvgIpc) is 2.56. The first-order valence-electron chi connectivity index (χ1n) is 7.26. The molecule has 0 fully saturated rings. The van der Waals surface area contributed by atoms with Gasteiger partial charge in [-0.2, -0.15) is 0 Å². The molecule has 3 aromatic rings. The van der Waals surface area contributed by atoms with Gasteiger partial charge in [0.15, 0.2) is 0 Å². The highest BCUT2D eigenvalue weighted by Gasteiger charge is 2.10. The maximum atomic E-state index is 7.66. The van der Waals surface area contributed by atoms with E-state index in [-0.39, 0.29) is 5.84 Å². The maximum Gasteiger partial charge on any atom is 0.122 e. The minimum absolute atomic E-state index is 0.0958. The van der Waals surface area contributed by atoms with Gasteiger partial charge in [0.05, 0.1) is 0 Å². The van der Waals surface area contributed by atoms with Crippen LogP contribution in [-0.4, -0.2) is 5.84 Å². The van der Waals surface area contributed by atoms with Crippen LogP contribution < -0.4 is 5.73 Å². The molecule has 0 radical (unpaired) electrons. The van der Waals surface area contributed by atoms with Crippen LogP contribution in [0, 0.1) is 12.3 Å². The predicted octanol–water partition coefficient (Wildman–Crippen LogP) is 4.61. The molecule has 0 aromatic heterocycles. The maximum absolute atomic E-state index is 7.66. The van der Waals surface area contributed by atoms with Gasteiger partial charge in [-0.25, -0.2) is 0 Å². The summed E-state index contributed by atoms with van der Waals surface area (Å²) in [5.41, 5.74) is 12.2. The summed E-state index contributed by atoms with van der Waals surface area (Å²) < 4.78 is 0. The molecule has 3 N–H and O–H groups in total. The van der Waals surface area contributed by atoms with Crippen molar-refractivity contribution in [1.82, 2.24) is 0 Å². The summed E-state index contributed by atoms with van der Waals surface area (Å²) in [6.07, 6.45) is 0. The molecule has 0 saturated carbocycles. The van der Waals surface area contributed by atoms with Gasteiger partial charge < -0.3 is 5.73 Å². The summed E-state index contributed by atoms with van der Waals surface area (Å²) in [5.74, 6) is 0.0958. The third-order valence-corrected chi connectivity index (χ3v) is 3.85. The zero-order valence-corrected chi connectivity index (χ0v) is 12.5. The first kappa shape index (κ1) is 14.1. The predicted molar refractivity (Wildman–Crippen MR) is 93.1 cm³/mol. The quantitative estimate of drug-likeness (QED) is 0.536. The number of aryl methyl sites for hydroxylation is 1. The van der Waals surface area contributed by atoms with Crippen LogP contribution in [0.3, 0.4) is 0 Å². The van der Waals surface area contributed by atoms with E-state index in [4.69, 9.17) is 11.1 Å². The zero-order valence-electron chi connectivity index (χ0n) is 12.5. The SMILES string of the molecule is Cc1ccc(C(=N)N)cc1-c1ccccc1-c1ccccc1. The van der Waals surface area contributed by atoms with Gasteiger partial charge in [0, 0.05) is 5.56 Å². The summed E-state index contributed by atoms with van der Waals surface area (Å²) in [4.78, 5) is 0. The second-order valence-corrected chi connectivity index (χ2v) is 5.35. The highest BCUT2D eigenvalue weighted by molar-refractivity contribution is 5.97. The fourth-order valence-corrected chi connectivity index (χ4v) is 2.67. The molecule has 0 aliphatic carbocycles. The molecule has 0 spiro atoms. The van der Waals surface area contributed by atoms with Crippen molar-refractivity contribution >= 4 is 5.84 Å². The highest BCUT2D eigenvalue weighted by atomic mass is 14.7. The van der Waals surface area contributed by atoms with E-state index in [1.165, 1.54) is 16.7 Å². The Morgan fingerprint density at radius 3 is 2.09 bits per heavy atom. The van der Waals surface area contributed by atoms with Crippen LogP contribution in [0.2, 0.25) is 0 Å². The topological polar surface area (TPSA) is 49.9 Å². The molecular weight excluding hydrogens is 268 g/mol. The number of nitrogens with one attached hydrogen (secondary N) is 1. The van der Waals surface area contributed by atoms with E-state index in [1.807, 2.05) is 42.5 Å². The summed E-state index contributed by atoms with van der Waals surface area (Å²) >= 11 is 0. The van der Waals surface area contributed by atoms with Crippen molar-refractivity contribution in [3.63, 3.8) is 0 Å². The molecular formula is C20H18N2. The van der Waals surface area contributed by atoms with Crippen LogP contribution >= 0.6 is 0 Å². The van der Waals surface area contributed by atoms with E-state index >= 15 is 0 Å². The van der Waals surface area contributed by atoms with E-state index in [0.29, 0.717) is 0 Å². The average molecular weight is 286 g/mol. The molecule has 0 heterocycles. The number of benzene rings is 3. The molecule has 22 heavy (non-hydrogen) atoms. The van der Waals surface area contributed by atoms with Gasteiger partial charge in [-0.15, -0.1) is 0 Å². The van der Waals surface area contributed by atoms with Crippen molar-refractivity contribution in [3.05, 3.63) is 83.9 Å². The molecule has 0 atom stereocenters. The largest absolute Gasteiger partial charge is 0.384 e. The molecule has 0 amide bonds. The van der Waals surface area contributed by atoms with Crippen LogP contribution in [0.25, 0.3) is 22.3 Å². The van der Waals surface area contributed by atoms with Crippen molar-refractivity contribution < 1.29 is 0 Å². The van der Waals surface area contributed by atoms with Crippen LogP contribution in [0.15, 0.2) is 72.8 Å². The van der Waals surface area contributed by atoms with E-state index < -0.39 is 0 Å². The van der Waals surface area contributed by atoms with Crippen LogP contribution in [-0.2, 0) is 0 Å². The number of amidine groups is 1. The van der Waals surface area contributed by atoms with Crippen LogP contribution in [0.5, 0.6) is 0 Å². The summed E-state index contributed by atoms with van der Waals surface area (Å²) in [6.45, 7) is 2.08. The van der Waals surface area contributed by atoms with Gasteiger partial charge >= 0.3 is 0 Å². The first-order valence-corrected chi connectivity index (χ1v) is 7.26. The Balaban J connectivity index is 2.22. The van der Waals surface area contributed by atoms with Gasteiger partial charge in [-0.1, -0.05) is 66.7 Å². The first-order chi connectivity index (χ1) is 10.7. The number of nitrogen functional groups attached to an aromatic ring is 1.